The smallest absolute Gasteiger partial charge is 0.220 e. The van der Waals surface area contributed by atoms with Gasteiger partial charge in [-0.15, -0.1) is 0 Å². The zero-order chi connectivity index (χ0) is 43.3. The number of hydrogen-bond acceptors (Lipinski definition) is 13. The molecule has 59 heavy (non-hydrogen) atoms. The van der Waals surface area contributed by atoms with Gasteiger partial charge in [0.2, 0.25) is 5.91 Å². The predicted molar refractivity (Wildman–Crippen MR) is 226 cm³/mol. The summed E-state index contributed by atoms with van der Waals surface area (Å²) in [5.74, 6) is -0.241. The fourth-order valence-corrected chi connectivity index (χ4v) is 7.82. The summed E-state index contributed by atoms with van der Waals surface area (Å²) in [5.41, 5.74) is 0. The molecule has 9 N–H and O–H groups in total. The molecule has 0 spiro atoms. The van der Waals surface area contributed by atoms with E-state index in [4.69, 9.17) is 18.9 Å². The Bertz CT molecular complexity index is 1050. The van der Waals surface area contributed by atoms with Gasteiger partial charge in [-0.25, -0.2) is 0 Å². The van der Waals surface area contributed by atoms with Crippen LogP contribution in [0.3, 0.4) is 0 Å². The maximum absolute atomic E-state index is 13.1. The summed E-state index contributed by atoms with van der Waals surface area (Å²) in [6.45, 7) is 2.75. The molecule has 2 heterocycles. The molecule has 4 unspecified atom stereocenters. The average molecular weight is 848 g/mol. The highest BCUT2D eigenvalue weighted by atomic mass is 16.7. The first-order valence-electron chi connectivity index (χ1n) is 23.4. The molecule has 2 rings (SSSR count). The number of nitrogens with one attached hydrogen (secondary N) is 1. The van der Waals surface area contributed by atoms with Crippen molar-refractivity contribution >= 4 is 5.91 Å². The van der Waals surface area contributed by atoms with E-state index in [9.17, 15) is 45.6 Å². The molecule has 12 atom stereocenters. The van der Waals surface area contributed by atoms with E-state index < -0.39 is 86.8 Å². The molecule has 0 aromatic heterocycles. The highest BCUT2D eigenvalue weighted by molar-refractivity contribution is 5.76. The molecule has 1 amide bonds. The Morgan fingerprint density at radius 3 is 1.56 bits per heavy atom. The lowest BCUT2D eigenvalue weighted by molar-refractivity contribution is -0.359. The van der Waals surface area contributed by atoms with Crippen LogP contribution in [0.4, 0.5) is 0 Å². The number of carbonyl (C=O) groups is 1. The average Bonchev–Trinajstić information content (AvgIpc) is 3.23. The number of hydrogen-bond donors (Lipinski definition) is 9. The van der Waals surface area contributed by atoms with Crippen molar-refractivity contribution < 1.29 is 64.6 Å². The molecule has 0 radical (unpaired) electrons. The first kappa shape index (κ1) is 53.9. The van der Waals surface area contributed by atoms with Crippen LogP contribution < -0.4 is 5.32 Å². The molecular weight excluding hydrogens is 762 g/mol. The number of aliphatic hydroxyl groups excluding tert-OH is 8. The molecule has 0 aromatic rings. The number of carbonyl (C=O) groups excluding carboxylic acids is 1. The number of ether oxygens (including phenoxy) is 4. The van der Waals surface area contributed by atoms with E-state index in [0.717, 1.165) is 38.5 Å². The van der Waals surface area contributed by atoms with Crippen LogP contribution in [0.15, 0.2) is 12.2 Å². The summed E-state index contributed by atoms with van der Waals surface area (Å²) < 4.78 is 22.6. The lowest BCUT2D eigenvalue weighted by atomic mass is 9.97. The van der Waals surface area contributed by atoms with Crippen LogP contribution in [-0.2, 0) is 23.7 Å². The third-order valence-electron chi connectivity index (χ3n) is 11.7. The molecular formula is C45H85NO13. The minimum absolute atomic E-state index is 0.241. The summed E-state index contributed by atoms with van der Waals surface area (Å²) in [4.78, 5) is 13.1. The van der Waals surface area contributed by atoms with Gasteiger partial charge in [-0.05, 0) is 19.3 Å². The first-order valence-corrected chi connectivity index (χ1v) is 23.4. The highest BCUT2D eigenvalue weighted by Gasteiger charge is 2.50. The minimum atomic E-state index is -1.78. The highest BCUT2D eigenvalue weighted by Crippen LogP contribution is 2.30. The van der Waals surface area contributed by atoms with Crippen molar-refractivity contribution in [3.63, 3.8) is 0 Å². The van der Waals surface area contributed by atoms with Gasteiger partial charge in [0.1, 0.15) is 48.8 Å². The van der Waals surface area contributed by atoms with Crippen LogP contribution in [0.5, 0.6) is 0 Å². The number of aliphatic hydroxyl groups is 8. The molecule has 0 bridgehead atoms. The van der Waals surface area contributed by atoms with E-state index in [1.54, 1.807) is 6.08 Å². The van der Waals surface area contributed by atoms with Gasteiger partial charge >= 0.3 is 0 Å². The summed E-state index contributed by atoms with van der Waals surface area (Å²) in [7, 11) is 0. The second-order valence-electron chi connectivity index (χ2n) is 16.9. The van der Waals surface area contributed by atoms with Crippen LogP contribution >= 0.6 is 0 Å². The second-order valence-corrected chi connectivity index (χ2v) is 16.9. The Hall–Kier alpha value is -1.27. The first-order chi connectivity index (χ1) is 28.6. The monoisotopic (exact) mass is 848 g/mol. The van der Waals surface area contributed by atoms with Gasteiger partial charge in [-0.3, -0.25) is 4.79 Å². The van der Waals surface area contributed by atoms with Crippen molar-refractivity contribution in [3.05, 3.63) is 12.2 Å². The number of amides is 1. The van der Waals surface area contributed by atoms with Crippen molar-refractivity contribution in [3.8, 4) is 0 Å². The summed E-state index contributed by atoms with van der Waals surface area (Å²) in [6.07, 6.45) is 15.5. The van der Waals surface area contributed by atoms with Crippen molar-refractivity contribution in [2.24, 2.45) is 0 Å². The largest absolute Gasteiger partial charge is 0.394 e. The van der Waals surface area contributed by atoms with E-state index in [1.807, 2.05) is 6.08 Å². The summed E-state index contributed by atoms with van der Waals surface area (Å²) in [5, 5.41) is 86.4. The molecule has 2 aliphatic rings. The lowest BCUT2D eigenvalue weighted by Gasteiger charge is -2.46. The van der Waals surface area contributed by atoms with Crippen LogP contribution in [0, 0.1) is 0 Å². The predicted octanol–water partition coefficient (Wildman–Crippen LogP) is 4.82. The van der Waals surface area contributed by atoms with E-state index >= 15 is 0 Å². The van der Waals surface area contributed by atoms with Gasteiger partial charge in [0, 0.05) is 6.42 Å². The fraction of sp³-hybridized carbons (Fsp3) is 0.933. The fourth-order valence-electron chi connectivity index (χ4n) is 7.82. The Labute approximate surface area is 355 Å². The topological polar surface area (TPSA) is 228 Å². The van der Waals surface area contributed by atoms with Crippen molar-refractivity contribution in [2.45, 2.75) is 248 Å². The molecule has 2 aliphatic heterocycles. The quantitative estimate of drug-likeness (QED) is 0.0308. The van der Waals surface area contributed by atoms with E-state index in [-0.39, 0.29) is 18.9 Å². The molecule has 2 saturated heterocycles. The van der Waals surface area contributed by atoms with E-state index in [0.29, 0.717) is 6.42 Å². The molecule has 348 valence electrons. The number of rotatable bonds is 35. The van der Waals surface area contributed by atoms with Crippen molar-refractivity contribution in [1.82, 2.24) is 5.32 Å². The lowest BCUT2D eigenvalue weighted by Crippen LogP contribution is -2.65. The SMILES string of the molecule is CCCCCCCCCC/C=C/[C@@H](O)[C@H](CO[C@@H]1O[C@H](CO)[C@@H](O[C@@H]2O[C@H](CO)[C@H](O)C(O)C2O)C(O)C1O)NC(=O)CCCCCCCCCCCCCCCCC. The van der Waals surface area contributed by atoms with Gasteiger partial charge in [0.25, 0.3) is 0 Å². The maximum Gasteiger partial charge on any atom is 0.220 e. The third-order valence-corrected chi connectivity index (χ3v) is 11.7. The molecule has 0 aliphatic carbocycles. The Kier molecular flexibility index (Phi) is 30.4. The van der Waals surface area contributed by atoms with Crippen LogP contribution in [0.1, 0.15) is 174 Å². The molecule has 14 nitrogen and oxygen atoms in total. The van der Waals surface area contributed by atoms with Gasteiger partial charge in [0.05, 0.1) is 32.0 Å². The summed E-state index contributed by atoms with van der Waals surface area (Å²) >= 11 is 0. The molecule has 14 heteroatoms. The molecule has 0 aromatic carbocycles. The summed E-state index contributed by atoms with van der Waals surface area (Å²) in [6, 6.07) is -0.905. The van der Waals surface area contributed by atoms with E-state index in [1.165, 1.54) is 109 Å². The number of allylic oxidation sites excluding steroid dienone is 1. The van der Waals surface area contributed by atoms with Crippen LogP contribution in [-0.4, -0.2) is 140 Å². The Morgan fingerprint density at radius 2 is 1.05 bits per heavy atom. The Morgan fingerprint density at radius 1 is 0.593 bits per heavy atom. The van der Waals surface area contributed by atoms with Gasteiger partial charge < -0.3 is 65.1 Å². The van der Waals surface area contributed by atoms with Gasteiger partial charge in [-0.2, -0.15) is 0 Å². The zero-order valence-electron chi connectivity index (χ0n) is 36.5. The van der Waals surface area contributed by atoms with Crippen LogP contribution in [0.2, 0.25) is 0 Å². The zero-order valence-corrected chi connectivity index (χ0v) is 36.5. The minimum Gasteiger partial charge on any atom is -0.394 e. The maximum atomic E-state index is 13.1. The number of unbranched alkanes of at least 4 members (excludes halogenated alkanes) is 22. The third kappa shape index (κ3) is 21.6. The normalized spacial score (nSPS) is 28.6. The second kappa shape index (κ2) is 33.3. The Balaban J connectivity index is 1.87. The van der Waals surface area contributed by atoms with Gasteiger partial charge in [-0.1, -0.05) is 161 Å². The molecule has 2 fully saturated rings. The van der Waals surface area contributed by atoms with Crippen LogP contribution in [0.25, 0.3) is 0 Å². The van der Waals surface area contributed by atoms with E-state index in [2.05, 4.69) is 19.2 Å². The van der Waals surface area contributed by atoms with Gasteiger partial charge in [0.15, 0.2) is 12.6 Å². The molecule has 0 saturated carbocycles. The van der Waals surface area contributed by atoms with Crippen molar-refractivity contribution in [2.75, 3.05) is 19.8 Å². The van der Waals surface area contributed by atoms with Crippen molar-refractivity contribution in [1.29, 1.82) is 0 Å². The standard InChI is InChI=1S/C45H85NO13/c1-3-5-7-9-11-13-15-16-17-18-19-21-23-25-27-29-37(50)46-33(34(49)28-26-24-22-20-14-12-10-8-6-4-2)32-56-44-42(55)40(53)43(36(31-48)58-44)59-45-41(54)39(52)38(51)35(30-47)57-45/h26,28,33-36,38-45,47-49,51-55H,3-25,27,29-32H2,1-2H3,(H,46,50)/b28-26+/t33-,34+,35+,36+,38-,39?,40?,41?,42?,43+,44+,45-/m0/s1.